The van der Waals surface area contributed by atoms with Crippen molar-refractivity contribution in [1.29, 1.82) is 0 Å². The van der Waals surface area contributed by atoms with Gasteiger partial charge in [-0.3, -0.25) is 9.59 Å². The molecular weight excluding hydrogens is 364 g/mol. The predicted octanol–water partition coefficient (Wildman–Crippen LogP) is 3.75. The van der Waals surface area contributed by atoms with Crippen molar-refractivity contribution in [2.75, 3.05) is 19.7 Å². The van der Waals surface area contributed by atoms with E-state index in [2.05, 4.69) is 5.32 Å². The van der Waals surface area contributed by atoms with Crippen molar-refractivity contribution in [1.82, 2.24) is 10.2 Å². The van der Waals surface area contributed by atoms with Gasteiger partial charge in [-0.05, 0) is 43.4 Å². The van der Waals surface area contributed by atoms with Crippen molar-refractivity contribution in [2.45, 2.75) is 46.1 Å². The topological polar surface area (TPSA) is 58.6 Å². The summed E-state index contributed by atoms with van der Waals surface area (Å²) in [6.45, 7) is 6.88. The molecule has 5 nitrogen and oxygen atoms in total. The normalized spacial score (nSPS) is 11.6. The second kappa shape index (κ2) is 11.9. The zero-order valence-corrected chi connectivity index (χ0v) is 17.7. The van der Waals surface area contributed by atoms with E-state index in [9.17, 15) is 9.59 Å². The van der Waals surface area contributed by atoms with Gasteiger partial charge in [0.05, 0.1) is 0 Å². The SMILES string of the molecule is CCCNC(=O)[C@@H](CC)N(CCc1ccccc1)C(=O)COc1ccccc1C. The molecule has 0 fully saturated rings. The number of para-hydroxylation sites is 1. The fourth-order valence-electron chi connectivity index (χ4n) is 3.20. The van der Waals surface area contributed by atoms with Gasteiger partial charge in [-0.2, -0.15) is 0 Å². The Morgan fingerprint density at radius 1 is 1.03 bits per heavy atom. The van der Waals surface area contributed by atoms with Gasteiger partial charge < -0.3 is 15.0 Å². The van der Waals surface area contributed by atoms with Gasteiger partial charge in [0, 0.05) is 13.1 Å². The second-order valence-electron chi connectivity index (χ2n) is 7.09. The van der Waals surface area contributed by atoms with Crippen molar-refractivity contribution in [3.63, 3.8) is 0 Å². The van der Waals surface area contributed by atoms with Crippen LogP contribution in [0.25, 0.3) is 0 Å². The third-order valence-corrected chi connectivity index (χ3v) is 4.86. The molecule has 2 aromatic carbocycles. The van der Waals surface area contributed by atoms with Crippen LogP contribution in [0.3, 0.4) is 0 Å². The Morgan fingerprint density at radius 3 is 2.38 bits per heavy atom. The first-order valence-electron chi connectivity index (χ1n) is 10.4. The molecule has 0 aliphatic rings. The van der Waals surface area contributed by atoms with E-state index in [1.807, 2.05) is 75.4 Å². The maximum atomic E-state index is 13.0. The average molecular weight is 397 g/mol. The van der Waals surface area contributed by atoms with E-state index in [1.165, 1.54) is 0 Å². The summed E-state index contributed by atoms with van der Waals surface area (Å²) in [4.78, 5) is 27.4. The van der Waals surface area contributed by atoms with Crippen molar-refractivity contribution in [3.05, 3.63) is 65.7 Å². The van der Waals surface area contributed by atoms with Gasteiger partial charge in [-0.1, -0.05) is 62.4 Å². The Kier molecular flexibility index (Phi) is 9.22. The number of carbonyl (C=O) groups excluding carboxylic acids is 2. The molecule has 1 atom stereocenters. The van der Waals surface area contributed by atoms with Gasteiger partial charge in [-0.25, -0.2) is 0 Å². The smallest absolute Gasteiger partial charge is 0.261 e. The highest BCUT2D eigenvalue weighted by atomic mass is 16.5. The third kappa shape index (κ3) is 6.93. The number of benzene rings is 2. The van der Waals surface area contributed by atoms with E-state index in [0.29, 0.717) is 31.7 Å². The number of hydrogen-bond donors (Lipinski definition) is 1. The molecule has 0 bridgehead atoms. The summed E-state index contributed by atoms with van der Waals surface area (Å²) in [7, 11) is 0. The Labute approximate surface area is 174 Å². The summed E-state index contributed by atoms with van der Waals surface area (Å²) in [6.07, 6.45) is 2.10. The lowest BCUT2D eigenvalue weighted by molar-refractivity contribution is -0.142. The highest BCUT2D eigenvalue weighted by molar-refractivity contribution is 5.88. The Morgan fingerprint density at radius 2 is 1.72 bits per heavy atom. The predicted molar refractivity (Wildman–Crippen MR) is 116 cm³/mol. The summed E-state index contributed by atoms with van der Waals surface area (Å²) in [5.41, 5.74) is 2.11. The molecule has 0 saturated carbocycles. The van der Waals surface area contributed by atoms with Crippen LogP contribution in [0.5, 0.6) is 5.75 Å². The number of rotatable bonds is 11. The molecule has 2 aromatic rings. The molecule has 5 heteroatoms. The summed E-state index contributed by atoms with van der Waals surface area (Å²) in [5, 5.41) is 2.93. The maximum absolute atomic E-state index is 13.0. The van der Waals surface area contributed by atoms with Crippen molar-refractivity contribution < 1.29 is 14.3 Å². The zero-order valence-electron chi connectivity index (χ0n) is 17.7. The zero-order chi connectivity index (χ0) is 21.1. The Balaban J connectivity index is 2.11. The van der Waals surface area contributed by atoms with E-state index in [0.717, 1.165) is 17.5 Å². The van der Waals surface area contributed by atoms with Crippen LogP contribution in [0.15, 0.2) is 54.6 Å². The Bertz CT molecular complexity index is 777. The number of ether oxygens (including phenoxy) is 1. The van der Waals surface area contributed by atoms with Crippen LogP contribution in [0.4, 0.5) is 0 Å². The first-order chi connectivity index (χ1) is 14.1. The molecule has 0 aliphatic carbocycles. The lowest BCUT2D eigenvalue weighted by Crippen LogP contribution is -2.51. The molecule has 0 aromatic heterocycles. The first-order valence-corrected chi connectivity index (χ1v) is 10.4. The molecule has 0 aliphatic heterocycles. The third-order valence-electron chi connectivity index (χ3n) is 4.86. The molecule has 156 valence electrons. The van der Waals surface area contributed by atoms with Crippen molar-refractivity contribution >= 4 is 11.8 Å². The molecule has 2 rings (SSSR count). The minimum atomic E-state index is -0.502. The van der Waals surface area contributed by atoms with Crippen LogP contribution < -0.4 is 10.1 Å². The number of aryl methyl sites for hydroxylation is 1. The van der Waals surface area contributed by atoms with Gasteiger partial charge in [0.25, 0.3) is 5.91 Å². The quantitative estimate of drug-likeness (QED) is 0.629. The molecule has 0 unspecified atom stereocenters. The Hall–Kier alpha value is -2.82. The van der Waals surface area contributed by atoms with E-state index in [-0.39, 0.29) is 18.4 Å². The number of hydrogen-bond acceptors (Lipinski definition) is 3. The number of nitrogens with zero attached hydrogens (tertiary/aromatic N) is 1. The summed E-state index contributed by atoms with van der Waals surface area (Å²) < 4.78 is 5.76. The van der Waals surface area contributed by atoms with E-state index in [4.69, 9.17) is 4.74 Å². The van der Waals surface area contributed by atoms with E-state index >= 15 is 0 Å². The summed E-state index contributed by atoms with van der Waals surface area (Å²) >= 11 is 0. The van der Waals surface area contributed by atoms with Crippen LogP contribution in [0.1, 0.15) is 37.8 Å². The summed E-state index contributed by atoms with van der Waals surface area (Å²) in [5.74, 6) is 0.404. The molecule has 2 amide bonds. The lowest BCUT2D eigenvalue weighted by atomic mass is 10.1. The molecule has 0 heterocycles. The highest BCUT2D eigenvalue weighted by Crippen LogP contribution is 2.17. The number of amides is 2. The molecule has 29 heavy (non-hydrogen) atoms. The maximum Gasteiger partial charge on any atom is 0.261 e. The fraction of sp³-hybridized carbons (Fsp3) is 0.417. The van der Waals surface area contributed by atoms with E-state index < -0.39 is 6.04 Å². The van der Waals surface area contributed by atoms with Crippen LogP contribution >= 0.6 is 0 Å². The van der Waals surface area contributed by atoms with Crippen LogP contribution in [-0.4, -0.2) is 42.5 Å². The standard InChI is InChI=1S/C24H32N2O3/c1-4-16-25-24(28)21(5-2)26(17-15-20-12-7-6-8-13-20)23(27)18-29-22-14-10-9-11-19(22)3/h6-14,21H,4-5,15-18H2,1-3H3,(H,25,28)/t21-/m1/s1. The van der Waals surface area contributed by atoms with Crippen LogP contribution in [0, 0.1) is 6.92 Å². The molecular formula is C24H32N2O3. The van der Waals surface area contributed by atoms with Crippen molar-refractivity contribution in [3.8, 4) is 5.75 Å². The lowest BCUT2D eigenvalue weighted by Gasteiger charge is -2.30. The van der Waals surface area contributed by atoms with Gasteiger partial charge in [0.15, 0.2) is 6.61 Å². The van der Waals surface area contributed by atoms with Gasteiger partial charge >= 0.3 is 0 Å². The number of nitrogens with one attached hydrogen (secondary N) is 1. The largest absolute Gasteiger partial charge is 0.484 e. The van der Waals surface area contributed by atoms with Crippen LogP contribution in [-0.2, 0) is 16.0 Å². The fourth-order valence-corrected chi connectivity index (χ4v) is 3.20. The van der Waals surface area contributed by atoms with Crippen LogP contribution in [0.2, 0.25) is 0 Å². The monoisotopic (exact) mass is 396 g/mol. The minimum Gasteiger partial charge on any atom is -0.484 e. The van der Waals surface area contributed by atoms with E-state index in [1.54, 1.807) is 4.90 Å². The highest BCUT2D eigenvalue weighted by Gasteiger charge is 2.28. The average Bonchev–Trinajstić information content (AvgIpc) is 2.74. The van der Waals surface area contributed by atoms with Gasteiger partial charge in [0.2, 0.25) is 5.91 Å². The first kappa shape index (κ1) is 22.5. The molecule has 0 radical (unpaired) electrons. The summed E-state index contributed by atoms with van der Waals surface area (Å²) in [6, 6.07) is 17.1. The molecule has 1 N–H and O–H groups in total. The molecule has 0 saturated heterocycles. The van der Waals surface area contributed by atoms with Gasteiger partial charge in [-0.15, -0.1) is 0 Å². The second-order valence-corrected chi connectivity index (χ2v) is 7.09. The number of carbonyl (C=O) groups is 2. The van der Waals surface area contributed by atoms with Crippen molar-refractivity contribution in [2.24, 2.45) is 0 Å². The van der Waals surface area contributed by atoms with Gasteiger partial charge in [0.1, 0.15) is 11.8 Å². The minimum absolute atomic E-state index is 0.0861. The molecule has 0 spiro atoms.